The van der Waals surface area contributed by atoms with E-state index < -0.39 is 5.97 Å². The number of carboxylic acid groups (broad SMARTS) is 1. The molecule has 0 saturated heterocycles. The topological polar surface area (TPSA) is 59.6 Å². The van der Waals surface area contributed by atoms with Crippen LogP contribution in [-0.2, 0) is 27.2 Å². The Kier molecular flexibility index (Phi) is 5.31. The third kappa shape index (κ3) is 3.60. The Morgan fingerprint density at radius 3 is 2.76 bits per heavy atom. The molecule has 1 aromatic heterocycles. The van der Waals surface area contributed by atoms with Gasteiger partial charge in [-0.2, -0.15) is 0 Å². The summed E-state index contributed by atoms with van der Waals surface area (Å²) < 4.78 is 12.9. The first-order chi connectivity index (χ1) is 10.1. The van der Waals surface area contributed by atoms with Gasteiger partial charge in [0, 0.05) is 26.2 Å². The smallest absolute Gasteiger partial charge is 0.303 e. The molecular formula is C16H24NO4+. The summed E-state index contributed by atoms with van der Waals surface area (Å²) in [5.41, 5.74) is 3.73. The molecule has 0 aromatic carbocycles. The molecule has 0 bridgehead atoms. The molecule has 0 fully saturated rings. The van der Waals surface area contributed by atoms with Crippen molar-refractivity contribution in [2.45, 2.75) is 51.4 Å². The molecule has 1 unspecified atom stereocenters. The molecule has 1 atom stereocenters. The van der Waals surface area contributed by atoms with Crippen LogP contribution >= 0.6 is 0 Å². The second kappa shape index (κ2) is 7.00. The highest BCUT2D eigenvalue weighted by atomic mass is 16.7. The van der Waals surface area contributed by atoms with Crippen LogP contribution in [0.3, 0.4) is 0 Å². The number of aliphatic carboxylic acids is 1. The van der Waals surface area contributed by atoms with Gasteiger partial charge in [0.2, 0.25) is 0 Å². The van der Waals surface area contributed by atoms with Crippen LogP contribution in [0, 0.1) is 0 Å². The van der Waals surface area contributed by atoms with Gasteiger partial charge in [-0.1, -0.05) is 6.92 Å². The number of methoxy groups -OCH3 is 2. The molecule has 0 saturated carbocycles. The summed E-state index contributed by atoms with van der Waals surface area (Å²) in [6.45, 7) is 2.92. The molecular weight excluding hydrogens is 270 g/mol. The molecule has 1 aliphatic carbocycles. The SMILES string of the molecule is COC(OC)c1c[n+](CCCC(=O)O)cc2c1CCC2C. The van der Waals surface area contributed by atoms with Crippen molar-refractivity contribution < 1.29 is 23.9 Å². The minimum Gasteiger partial charge on any atom is -0.481 e. The lowest BCUT2D eigenvalue weighted by Crippen LogP contribution is -2.35. The lowest BCUT2D eigenvalue weighted by Gasteiger charge is -2.16. The van der Waals surface area contributed by atoms with Gasteiger partial charge in [0.15, 0.2) is 18.7 Å². The summed E-state index contributed by atoms with van der Waals surface area (Å²) in [5, 5.41) is 8.76. The number of carbonyl (C=O) groups is 1. The van der Waals surface area contributed by atoms with Crippen molar-refractivity contribution in [3.05, 3.63) is 29.1 Å². The summed E-state index contributed by atoms with van der Waals surface area (Å²) in [7, 11) is 3.28. The van der Waals surface area contributed by atoms with Crippen LogP contribution in [0.4, 0.5) is 0 Å². The van der Waals surface area contributed by atoms with E-state index in [1.54, 1.807) is 14.2 Å². The van der Waals surface area contributed by atoms with Gasteiger partial charge in [-0.15, -0.1) is 0 Å². The van der Waals surface area contributed by atoms with Crippen molar-refractivity contribution in [2.24, 2.45) is 0 Å². The fourth-order valence-electron chi connectivity index (χ4n) is 3.04. The van der Waals surface area contributed by atoms with Crippen LogP contribution in [-0.4, -0.2) is 25.3 Å². The molecule has 1 heterocycles. The molecule has 5 nitrogen and oxygen atoms in total. The van der Waals surface area contributed by atoms with Gasteiger partial charge in [0.05, 0.1) is 12.0 Å². The fraction of sp³-hybridized carbons (Fsp3) is 0.625. The van der Waals surface area contributed by atoms with Crippen LogP contribution in [0.25, 0.3) is 0 Å². The number of ether oxygens (including phenoxy) is 2. The first-order valence-electron chi connectivity index (χ1n) is 7.40. The Bertz CT molecular complexity index is 511. The third-order valence-corrected chi connectivity index (χ3v) is 4.15. The molecule has 21 heavy (non-hydrogen) atoms. The van der Waals surface area contributed by atoms with Gasteiger partial charge in [0.25, 0.3) is 0 Å². The van der Waals surface area contributed by atoms with Crippen LogP contribution in [0.2, 0.25) is 0 Å². The van der Waals surface area contributed by atoms with Crippen LogP contribution < -0.4 is 4.57 Å². The first kappa shape index (κ1) is 15.9. The van der Waals surface area contributed by atoms with Crippen molar-refractivity contribution in [1.29, 1.82) is 0 Å². The molecule has 0 spiro atoms. The van der Waals surface area contributed by atoms with Gasteiger partial charge < -0.3 is 14.6 Å². The zero-order valence-corrected chi connectivity index (χ0v) is 13.0. The minimum atomic E-state index is -0.753. The molecule has 0 radical (unpaired) electrons. The number of rotatable bonds is 7. The van der Waals surface area contributed by atoms with Crippen molar-refractivity contribution in [2.75, 3.05) is 14.2 Å². The second-order valence-electron chi connectivity index (χ2n) is 5.63. The zero-order valence-electron chi connectivity index (χ0n) is 13.0. The Morgan fingerprint density at radius 2 is 2.14 bits per heavy atom. The molecule has 1 aromatic rings. The van der Waals surface area contributed by atoms with Gasteiger partial charge in [-0.05, 0) is 24.3 Å². The minimum absolute atomic E-state index is 0.187. The fourth-order valence-corrected chi connectivity index (χ4v) is 3.04. The van der Waals surface area contributed by atoms with E-state index in [2.05, 4.69) is 17.7 Å². The predicted octanol–water partition coefficient (Wildman–Crippen LogP) is 2.18. The first-order valence-corrected chi connectivity index (χ1v) is 7.40. The van der Waals surface area contributed by atoms with E-state index in [9.17, 15) is 4.79 Å². The van der Waals surface area contributed by atoms with Crippen LogP contribution in [0.5, 0.6) is 0 Å². The molecule has 0 amide bonds. The lowest BCUT2D eigenvalue weighted by molar-refractivity contribution is -0.698. The highest BCUT2D eigenvalue weighted by Gasteiger charge is 2.29. The number of hydrogen-bond acceptors (Lipinski definition) is 3. The van der Waals surface area contributed by atoms with Gasteiger partial charge in [-0.25, -0.2) is 4.57 Å². The Morgan fingerprint density at radius 1 is 1.43 bits per heavy atom. The van der Waals surface area contributed by atoms with Gasteiger partial charge in [-0.3, -0.25) is 4.79 Å². The maximum Gasteiger partial charge on any atom is 0.303 e. The highest BCUT2D eigenvalue weighted by molar-refractivity contribution is 5.66. The summed E-state index contributed by atoms with van der Waals surface area (Å²) in [6.07, 6.45) is 6.82. The monoisotopic (exact) mass is 294 g/mol. The second-order valence-corrected chi connectivity index (χ2v) is 5.63. The number of fused-ring (bicyclic) bond motifs is 1. The molecule has 5 heteroatoms. The Balaban J connectivity index is 2.28. The number of hydrogen-bond donors (Lipinski definition) is 1. The van der Waals surface area contributed by atoms with Crippen LogP contribution in [0.1, 0.15) is 55.1 Å². The normalized spacial score (nSPS) is 17.2. The van der Waals surface area contributed by atoms with E-state index >= 15 is 0 Å². The van der Waals surface area contributed by atoms with E-state index in [4.69, 9.17) is 14.6 Å². The summed E-state index contributed by atoms with van der Waals surface area (Å²) in [4.78, 5) is 10.6. The van der Waals surface area contributed by atoms with E-state index in [1.165, 1.54) is 11.1 Å². The van der Waals surface area contributed by atoms with Crippen molar-refractivity contribution in [1.82, 2.24) is 0 Å². The molecule has 116 valence electrons. The summed E-state index contributed by atoms with van der Waals surface area (Å²) in [6, 6.07) is 0. The highest BCUT2D eigenvalue weighted by Crippen LogP contribution is 2.36. The van der Waals surface area contributed by atoms with Gasteiger partial charge >= 0.3 is 5.97 Å². The molecule has 0 aliphatic heterocycles. The van der Waals surface area contributed by atoms with E-state index in [0.29, 0.717) is 18.9 Å². The van der Waals surface area contributed by atoms with E-state index in [0.717, 1.165) is 18.4 Å². The van der Waals surface area contributed by atoms with Crippen LogP contribution in [0.15, 0.2) is 12.4 Å². The lowest BCUT2D eigenvalue weighted by atomic mass is 10.0. The summed E-state index contributed by atoms with van der Waals surface area (Å²) in [5.74, 6) is -0.225. The standard InChI is InChI=1S/C16H23NO4/c1-11-6-7-12-13(11)9-17(8-4-5-15(18)19)10-14(12)16(20-2)21-3/h9-11,16H,4-8H2,1-3H3/p+1. The quantitative estimate of drug-likeness (QED) is 0.618. The molecule has 1 N–H and O–H groups in total. The number of carboxylic acids is 1. The van der Waals surface area contributed by atoms with E-state index in [1.807, 2.05) is 6.20 Å². The number of aromatic nitrogens is 1. The zero-order chi connectivity index (χ0) is 15.4. The average Bonchev–Trinajstić information content (AvgIpc) is 2.82. The van der Waals surface area contributed by atoms with Crippen molar-refractivity contribution >= 4 is 5.97 Å². The maximum absolute atomic E-state index is 10.6. The predicted molar refractivity (Wildman–Crippen MR) is 77.0 cm³/mol. The number of pyridine rings is 1. The number of nitrogens with zero attached hydrogens (tertiary/aromatic N) is 1. The maximum atomic E-state index is 10.6. The molecule has 1 aliphatic rings. The molecule has 2 rings (SSSR count). The van der Waals surface area contributed by atoms with E-state index in [-0.39, 0.29) is 12.7 Å². The number of aryl methyl sites for hydroxylation is 1. The Hall–Kier alpha value is -1.46. The van der Waals surface area contributed by atoms with Crippen molar-refractivity contribution in [3.8, 4) is 0 Å². The summed E-state index contributed by atoms with van der Waals surface area (Å²) >= 11 is 0. The average molecular weight is 294 g/mol. The largest absolute Gasteiger partial charge is 0.481 e. The third-order valence-electron chi connectivity index (χ3n) is 4.15. The van der Waals surface area contributed by atoms with Crippen molar-refractivity contribution in [3.63, 3.8) is 0 Å². The Labute approximate surface area is 125 Å². The van der Waals surface area contributed by atoms with Gasteiger partial charge in [0.1, 0.15) is 6.54 Å².